The summed E-state index contributed by atoms with van der Waals surface area (Å²) in [5, 5.41) is 32.9. The fourth-order valence-electron chi connectivity index (χ4n) is 9.54. The van der Waals surface area contributed by atoms with Gasteiger partial charge in [0, 0.05) is 12.0 Å². The molecule has 3 aliphatic rings. The minimum atomic E-state index is -0.599. The predicted octanol–water partition coefficient (Wildman–Crippen LogP) is 8.45. The maximum atomic E-state index is 12.0. The molecular formula is C40H72O7. The molecule has 2 fully saturated rings. The average molecular weight is 665 g/mol. The number of carbonyl (C=O) groups is 1. The number of hydrogen-bond acceptors (Lipinski definition) is 7. The van der Waals surface area contributed by atoms with Gasteiger partial charge >= 0.3 is 5.97 Å². The minimum absolute atomic E-state index is 0.00753. The van der Waals surface area contributed by atoms with Crippen molar-refractivity contribution in [3.8, 4) is 0 Å². The summed E-state index contributed by atoms with van der Waals surface area (Å²) < 4.78 is 17.9. The molecule has 7 heteroatoms. The van der Waals surface area contributed by atoms with E-state index in [-0.39, 0.29) is 52.7 Å². The summed E-state index contributed by atoms with van der Waals surface area (Å²) in [5.41, 5.74) is 1.05. The van der Waals surface area contributed by atoms with E-state index in [1.165, 1.54) is 19.3 Å². The lowest BCUT2D eigenvalue weighted by Gasteiger charge is -2.37. The first-order valence-corrected chi connectivity index (χ1v) is 19.0. The molecule has 0 spiro atoms. The highest BCUT2D eigenvalue weighted by Crippen LogP contribution is 2.43. The molecule has 1 unspecified atom stereocenters. The second kappa shape index (κ2) is 16.8. The van der Waals surface area contributed by atoms with Crippen LogP contribution in [0.3, 0.4) is 0 Å². The summed E-state index contributed by atoms with van der Waals surface area (Å²) in [5.74, 6) is -0.315. The molecule has 47 heavy (non-hydrogen) atoms. The highest BCUT2D eigenvalue weighted by Gasteiger charge is 2.41. The fourth-order valence-corrected chi connectivity index (χ4v) is 9.54. The molecule has 3 rings (SSSR count). The average Bonchev–Trinajstić information content (AvgIpc) is 3.65. The molecule has 3 aliphatic heterocycles. The Balaban J connectivity index is 1.37. The van der Waals surface area contributed by atoms with Crippen LogP contribution in [0.2, 0.25) is 0 Å². The smallest absolute Gasteiger partial charge is 0.334 e. The van der Waals surface area contributed by atoms with Crippen LogP contribution >= 0.6 is 0 Å². The first-order valence-electron chi connectivity index (χ1n) is 19.0. The Morgan fingerprint density at radius 3 is 1.79 bits per heavy atom. The van der Waals surface area contributed by atoms with Crippen molar-refractivity contribution in [1.82, 2.24) is 0 Å². The molecule has 8 atom stereocenters. The van der Waals surface area contributed by atoms with E-state index in [0.717, 1.165) is 57.8 Å². The van der Waals surface area contributed by atoms with Crippen molar-refractivity contribution < 1.29 is 34.3 Å². The van der Waals surface area contributed by atoms with Gasteiger partial charge in [-0.25, -0.2) is 4.79 Å². The highest BCUT2D eigenvalue weighted by atomic mass is 16.6. The zero-order valence-electron chi connectivity index (χ0n) is 31.8. The summed E-state index contributed by atoms with van der Waals surface area (Å²) in [7, 11) is 0. The van der Waals surface area contributed by atoms with Crippen molar-refractivity contribution in [1.29, 1.82) is 0 Å². The van der Waals surface area contributed by atoms with Gasteiger partial charge in [0.15, 0.2) is 0 Å². The lowest BCUT2D eigenvalue weighted by molar-refractivity contribution is -0.139. The predicted molar refractivity (Wildman–Crippen MR) is 189 cm³/mol. The molecule has 2 saturated heterocycles. The summed E-state index contributed by atoms with van der Waals surface area (Å²) in [6.07, 6.45) is 13.1. The zero-order chi connectivity index (χ0) is 35.2. The summed E-state index contributed by atoms with van der Waals surface area (Å²) in [4.78, 5) is 12.0. The Morgan fingerprint density at radius 2 is 1.26 bits per heavy atom. The van der Waals surface area contributed by atoms with Gasteiger partial charge in [-0.2, -0.15) is 0 Å². The third kappa shape index (κ3) is 13.3. The van der Waals surface area contributed by atoms with Gasteiger partial charge in [0.25, 0.3) is 0 Å². The largest absolute Gasteiger partial charge is 0.455 e. The van der Waals surface area contributed by atoms with Crippen LogP contribution in [0.1, 0.15) is 166 Å². The maximum absolute atomic E-state index is 12.0. The molecule has 3 N–H and O–H groups in total. The Kier molecular flexibility index (Phi) is 14.5. The molecule has 0 bridgehead atoms. The molecule has 0 aliphatic carbocycles. The first kappa shape index (κ1) is 40.4. The Hall–Kier alpha value is -0.990. The number of ether oxygens (including phenoxy) is 3. The molecule has 274 valence electrons. The van der Waals surface area contributed by atoms with Crippen LogP contribution in [0, 0.1) is 21.7 Å². The topological polar surface area (TPSA) is 105 Å². The third-order valence-electron chi connectivity index (χ3n) is 11.0. The van der Waals surface area contributed by atoms with Gasteiger partial charge in [-0.05, 0) is 112 Å². The lowest BCUT2D eigenvalue weighted by atomic mass is 9.70. The number of aliphatic hydroxyl groups excluding tert-OH is 3. The monoisotopic (exact) mass is 665 g/mol. The van der Waals surface area contributed by atoms with E-state index in [1.54, 1.807) is 6.08 Å². The van der Waals surface area contributed by atoms with Crippen LogP contribution < -0.4 is 0 Å². The highest BCUT2D eigenvalue weighted by molar-refractivity contribution is 5.90. The van der Waals surface area contributed by atoms with Crippen LogP contribution in [0.15, 0.2) is 11.6 Å². The fraction of sp³-hybridized carbons (Fsp3) is 0.925. The molecular weight excluding hydrogens is 592 g/mol. The van der Waals surface area contributed by atoms with Gasteiger partial charge in [-0.15, -0.1) is 0 Å². The zero-order valence-corrected chi connectivity index (χ0v) is 31.8. The second-order valence-corrected chi connectivity index (χ2v) is 18.8. The van der Waals surface area contributed by atoms with E-state index in [9.17, 15) is 20.1 Å². The van der Waals surface area contributed by atoms with Crippen LogP contribution in [0.5, 0.6) is 0 Å². The number of rotatable bonds is 20. The van der Waals surface area contributed by atoms with E-state index < -0.39 is 18.3 Å². The number of carbonyl (C=O) groups excluding carboxylic acids is 1. The number of hydrogen-bond donors (Lipinski definition) is 3. The van der Waals surface area contributed by atoms with Gasteiger partial charge < -0.3 is 29.5 Å². The van der Waals surface area contributed by atoms with Crippen molar-refractivity contribution in [2.75, 3.05) is 0 Å². The van der Waals surface area contributed by atoms with Crippen molar-refractivity contribution in [2.24, 2.45) is 21.7 Å². The van der Waals surface area contributed by atoms with Crippen LogP contribution in [0.25, 0.3) is 0 Å². The second-order valence-electron chi connectivity index (χ2n) is 18.8. The van der Waals surface area contributed by atoms with E-state index >= 15 is 0 Å². The van der Waals surface area contributed by atoms with Crippen LogP contribution in [-0.2, 0) is 19.0 Å². The standard InChI is InChI=1S/C40H72O7/c1-11-19-37(3,4)25-38(5,6)20-12-13-30(42)32-14-16-34(46-32)35-17-15-33(47-35)31(43)18-21-39(7,8)26-40(9,10)24-29(41)23-28-22-27(2)45-36(28)44/h22,27,29-35,41-43H,11-21,23-26H2,1-10H3/t27-,29?,30-,31+,32+,33+,34+,35+/m0/s1. The minimum Gasteiger partial charge on any atom is -0.455 e. The number of cyclic esters (lactones) is 1. The summed E-state index contributed by atoms with van der Waals surface area (Å²) in [6, 6.07) is 0. The van der Waals surface area contributed by atoms with Gasteiger partial charge in [-0.1, -0.05) is 75.2 Å². The molecule has 7 nitrogen and oxygen atoms in total. The third-order valence-corrected chi connectivity index (χ3v) is 11.0. The Morgan fingerprint density at radius 1 is 0.745 bits per heavy atom. The normalized spacial score (nSPS) is 28.0. The number of esters is 1. The molecule has 0 aromatic rings. The maximum Gasteiger partial charge on any atom is 0.334 e. The van der Waals surface area contributed by atoms with Gasteiger partial charge in [0.05, 0.1) is 42.7 Å². The van der Waals surface area contributed by atoms with Gasteiger partial charge in [0.1, 0.15) is 6.10 Å². The molecule has 3 heterocycles. The lowest BCUT2D eigenvalue weighted by Crippen LogP contribution is -2.34. The summed E-state index contributed by atoms with van der Waals surface area (Å²) in [6.45, 7) is 22.4. The van der Waals surface area contributed by atoms with Crippen molar-refractivity contribution in [3.63, 3.8) is 0 Å². The molecule has 0 radical (unpaired) electrons. The molecule has 0 amide bonds. The van der Waals surface area contributed by atoms with Gasteiger partial charge in [-0.3, -0.25) is 0 Å². The molecule has 0 saturated carbocycles. The van der Waals surface area contributed by atoms with E-state index in [4.69, 9.17) is 14.2 Å². The van der Waals surface area contributed by atoms with Crippen LogP contribution in [0.4, 0.5) is 0 Å². The quantitative estimate of drug-likeness (QED) is 0.112. The van der Waals surface area contributed by atoms with E-state index in [2.05, 4.69) is 62.3 Å². The Labute approximate surface area is 287 Å². The van der Waals surface area contributed by atoms with Crippen LogP contribution in [-0.4, -0.2) is 70.1 Å². The Bertz CT molecular complexity index is 1010. The van der Waals surface area contributed by atoms with E-state index in [0.29, 0.717) is 30.3 Å². The van der Waals surface area contributed by atoms with E-state index in [1.807, 2.05) is 6.92 Å². The van der Waals surface area contributed by atoms with Crippen molar-refractivity contribution in [3.05, 3.63) is 11.6 Å². The first-order chi connectivity index (χ1) is 21.7. The summed E-state index contributed by atoms with van der Waals surface area (Å²) >= 11 is 0. The van der Waals surface area contributed by atoms with Crippen molar-refractivity contribution in [2.45, 2.75) is 214 Å². The molecule has 0 aromatic heterocycles. The van der Waals surface area contributed by atoms with Crippen molar-refractivity contribution >= 4 is 5.97 Å². The molecule has 0 aromatic carbocycles. The number of aliphatic hydroxyl groups is 3. The SMILES string of the molecule is CCCC(C)(C)CC(C)(C)CCC[C@H](O)[C@H]1CC[C@H]([C@H]2CC[C@H]([C@H](O)CCC(C)(C)CC(C)(C)CC(O)CC3=C[C@H](C)OC3=O)O2)O1. The van der Waals surface area contributed by atoms with Gasteiger partial charge in [0.2, 0.25) is 0 Å².